The van der Waals surface area contributed by atoms with Crippen LogP contribution in [0, 0.1) is 5.41 Å². The average molecular weight is 316 g/mol. The molecule has 1 saturated carbocycles. The first kappa shape index (κ1) is 16.5. The Labute approximate surface area is 138 Å². The highest BCUT2D eigenvalue weighted by Gasteiger charge is 2.45. The summed E-state index contributed by atoms with van der Waals surface area (Å²) in [5, 5.41) is 10.5. The van der Waals surface area contributed by atoms with Crippen LogP contribution in [0.1, 0.15) is 56.6 Å². The van der Waals surface area contributed by atoms with Gasteiger partial charge in [0.1, 0.15) is 0 Å². The summed E-state index contributed by atoms with van der Waals surface area (Å²) < 4.78 is 0. The lowest BCUT2D eigenvalue weighted by atomic mass is 9.84. The Kier molecular flexibility index (Phi) is 5.02. The predicted molar refractivity (Wildman–Crippen MR) is 90.7 cm³/mol. The molecule has 1 aliphatic heterocycles. The largest absolute Gasteiger partial charge is 0.388 e. The molecule has 0 aromatic heterocycles. The van der Waals surface area contributed by atoms with E-state index >= 15 is 0 Å². The van der Waals surface area contributed by atoms with Crippen LogP contribution >= 0.6 is 0 Å². The smallest absolute Gasteiger partial charge is 0.230 e. The second kappa shape index (κ2) is 7.02. The first-order valence-corrected chi connectivity index (χ1v) is 8.90. The molecule has 4 nitrogen and oxygen atoms in total. The van der Waals surface area contributed by atoms with Gasteiger partial charge in [0.05, 0.1) is 11.5 Å². The maximum absolute atomic E-state index is 13.1. The number of hydrogen-bond donors (Lipinski definition) is 2. The molecule has 0 spiro atoms. The summed E-state index contributed by atoms with van der Waals surface area (Å²) in [5.74, 6) is 0.236. The van der Waals surface area contributed by atoms with E-state index in [4.69, 9.17) is 5.73 Å². The van der Waals surface area contributed by atoms with E-state index in [-0.39, 0.29) is 17.4 Å². The van der Waals surface area contributed by atoms with Crippen LogP contribution in [0.2, 0.25) is 0 Å². The van der Waals surface area contributed by atoms with Crippen molar-refractivity contribution in [2.24, 2.45) is 11.1 Å². The Bertz CT molecular complexity index is 525. The lowest BCUT2D eigenvalue weighted by molar-refractivity contribution is -0.142. The molecule has 23 heavy (non-hydrogen) atoms. The normalized spacial score (nSPS) is 24.8. The fourth-order valence-corrected chi connectivity index (χ4v) is 4.28. The van der Waals surface area contributed by atoms with Gasteiger partial charge < -0.3 is 15.7 Å². The van der Waals surface area contributed by atoms with E-state index in [1.54, 1.807) is 0 Å². The molecule has 1 aliphatic carbocycles. The molecule has 4 heteroatoms. The number of likely N-dealkylation sites (tertiary alicyclic amines) is 1. The lowest BCUT2D eigenvalue weighted by Gasteiger charge is -2.35. The highest BCUT2D eigenvalue weighted by atomic mass is 16.3. The van der Waals surface area contributed by atoms with Crippen molar-refractivity contribution >= 4 is 5.91 Å². The van der Waals surface area contributed by atoms with Crippen molar-refractivity contribution in [2.75, 3.05) is 13.1 Å². The highest BCUT2D eigenvalue weighted by molar-refractivity contribution is 5.84. The van der Waals surface area contributed by atoms with Gasteiger partial charge in [-0.3, -0.25) is 4.79 Å². The van der Waals surface area contributed by atoms with Crippen LogP contribution in [0.4, 0.5) is 0 Å². The van der Waals surface area contributed by atoms with Crippen LogP contribution in [0.15, 0.2) is 30.3 Å². The van der Waals surface area contributed by atoms with Crippen LogP contribution in [0.25, 0.3) is 0 Å². The van der Waals surface area contributed by atoms with Crippen LogP contribution in [-0.4, -0.2) is 35.0 Å². The number of nitrogens with two attached hydrogens (primary N) is 1. The monoisotopic (exact) mass is 316 g/mol. The molecule has 0 bridgehead atoms. The molecule has 1 aromatic carbocycles. The number of nitrogens with zero attached hydrogens (tertiary/aromatic N) is 1. The number of benzene rings is 1. The maximum atomic E-state index is 13.1. The van der Waals surface area contributed by atoms with Crippen LogP contribution in [-0.2, 0) is 4.79 Å². The van der Waals surface area contributed by atoms with E-state index in [0.717, 1.165) is 50.6 Å². The second-order valence-corrected chi connectivity index (χ2v) is 7.15. The molecule has 1 heterocycles. The van der Waals surface area contributed by atoms with Crippen molar-refractivity contribution < 1.29 is 9.90 Å². The van der Waals surface area contributed by atoms with Gasteiger partial charge in [-0.2, -0.15) is 0 Å². The van der Waals surface area contributed by atoms with E-state index in [1.165, 1.54) is 0 Å². The van der Waals surface area contributed by atoms with Crippen LogP contribution in [0.3, 0.4) is 0 Å². The molecule has 1 aromatic rings. The maximum Gasteiger partial charge on any atom is 0.230 e. The molecule has 2 atom stereocenters. The Morgan fingerprint density at radius 1 is 1.26 bits per heavy atom. The lowest BCUT2D eigenvalue weighted by Crippen LogP contribution is -2.48. The van der Waals surface area contributed by atoms with Gasteiger partial charge in [0, 0.05) is 19.1 Å². The van der Waals surface area contributed by atoms with Gasteiger partial charge in [-0.05, 0) is 37.7 Å². The minimum Gasteiger partial charge on any atom is -0.388 e. The first-order valence-electron chi connectivity index (χ1n) is 8.90. The molecule has 2 fully saturated rings. The number of carbonyl (C=O) groups is 1. The van der Waals surface area contributed by atoms with Gasteiger partial charge in [-0.25, -0.2) is 0 Å². The molecule has 2 unspecified atom stereocenters. The van der Waals surface area contributed by atoms with E-state index in [1.807, 2.05) is 35.2 Å². The molecule has 1 amide bonds. The molecule has 3 N–H and O–H groups in total. The van der Waals surface area contributed by atoms with E-state index in [9.17, 15) is 9.90 Å². The zero-order chi connectivity index (χ0) is 16.3. The molecule has 3 rings (SSSR count). The Morgan fingerprint density at radius 2 is 1.96 bits per heavy atom. The summed E-state index contributed by atoms with van der Waals surface area (Å²) in [6, 6.07) is 9.87. The summed E-state index contributed by atoms with van der Waals surface area (Å²) in [7, 11) is 0. The van der Waals surface area contributed by atoms with E-state index in [0.29, 0.717) is 13.0 Å². The third-order valence-corrected chi connectivity index (χ3v) is 5.72. The Balaban J connectivity index is 1.69. The van der Waals surface area contributed by atoms with Gasteiger partial charge in [0.15, 0.2) is 0 Å². The Hall–Kier alpha value is -1.39. The Morgan fingerprint density at radius 3 is 2.61 bits per heavy atom. The summed E-state index contributed by atoms with van der Waals surface area (Å²) >= 11 is 0. The summed E-state index contributed by atoms with van der Waals surface area (Å²) in [6.07, 6.45) is 6.18. The first-order chi connectivity index (χ1) is 11.2. The molecule has 126 valence electrons. The molecule has 0 radical (unpaired) electrons. The summed E-state index contributed by atoms with van der Waals surface area (Å²) in [6.45, 7) is 1.27. The van der Waals surface area contributed by atoms with Gasteiger partial charge in [-0.1, -0.05) is 43.2 Å². The molecular formula is C19H28N2O2. The number of rotatable bonds is 5. The third-order valence-electron chi connectivity index (χ3n) is 5.72. The topological polar surface area (TPSA) is 66.6 Å². The van der Waals surface area contributed by atoms with E-state index < -0.39 is 6.10 Å². The third kappa shape index (κ3) is 3.29. The number of hydrogen-bond acceptors (Lipinski definition) is 3. The summed E-state index contributed by atoms with van der Waals surface area (Å²) in [5.41, 5.74) is 6.58. The molecule has 1 saturated heterocycles. The molecule has 2 aliphatic rings. The van der Waals surface area contributed by atoms with Crippen molar-refractivity contribution in [3.05, 3.63) is 35.9 Å². The fraction of sp³-hybridized carbons (Fsp3) is 0.632. The minimum absolute atomic E-state index is 0.140. The number of amides is 1. The van der Waals surface area contributed by atoms with E-state index in [2.05, 4.69) is 0 Å². The fourth-order valence-electron chi connectivity index (χ4n) is 4.28. The standard InChI is InChI=1S/C19H28N2O2/c20-14-19(10-4-5-11-19)18(23)21-12-6-9-16(21)13-17(22)15-7-2-1-3-8-15/h1-3,7-8,16-17,22H,4-6,9-14,20H2. The number of aliphatic hydroxyl groups excluding tert-OH is 1. The van der Waals surface area contributed by atoms with Gasteiger partial charge in [-0.15, -0.1) is 0 Å². The predicted octanol–water partition coefficient (Wildman–Crippen LogP) is 2.62. The SMILES string of the molecule is NCC1(C(=O)N2CCCC2CC(O)c2ccccc2)CCCC1. The van der Waals surface area contributed by atoms with Crippen molar-refractivity contribution in [1.29, 1.82) is 0 Å². The summed E-state index contributed by atoms with van der Waals surface area (Å²) in [4.78, 5) is 15.1. The van der Waals surface area contributed by atoms with Crippen molar-refractivity contribution in [3.8, 4) is 0 Å². The zero-order valence-electron chi connectivity index (χ0n) is 13.8. The zero-order valence-corrected chi connectivity index (χ0v) is 13.8. The number of carbonyl (C=O) groups excluding carboxylic acids is 1. The second-order valence-electron chi connectivity index (χ2n) is 7.15. The number of aliphatic hydroxyl groups is 1. The van der Waals surface area contributed by atoms with Crippen molar-refractivity contribution in [2.45, 2.75) is 57.1 Å². The van der Waals surface area contributed by atoms with Crippen molar-refractivity contribution in [3.63, 3.8) is 0 Å². The van der Waals surface area contributed by atoms with Gasteiger partial charge in [0.2, 0.25) is 5.91 Å². The van der Waals surface area contributed by atoms with Crippen LogP contribution in [0.5, 0.6) is 0 Å². The highest BCUT2D eigenvalue weighted by Crippen LogP contribution is 2.41. The van der Waals surface area contributed by atoms with Gasteiger partial charge in [0.25, 0.3) is 0 Å². The van der Waals surface area contributed by atoms with Crippen LogP contribution < -0.4 is 5.73 Å². The minimum atomic E-state index is -0.507. The average Bonchev–Trinajstić information content (AvgIpc) is 3.25. The van der Waals surface area contributed by atoms with Gasteiger partial charge >= 0.3 is 0 Å². The van der Waals surface area contributed by atoms with Crippen molar-refractivity contribution in [1.82, 2.24) is 4.90 Å². The molecular weight excluding hydrogens is 288 g/mol. The quantitative estimate of drug-likeness (QED) is 0.877.